The molecule has 1 aromatic carbocycles. The van der Waals surface area contributed by atoms with E-state index in [2.05, 4.69) is 0 Å². The first-order valence-corrected chi connectivity index (χ1v) is 9.14. The summed E-state index contributed by atoms with van der Waals surface area (Å²) in [5.74, 6) is 0.949. The number of carbonyl (C=O) groups is 1. The van der Waals surface area contributed by atoms with Crippen molar-refractivity contribution in [1.82, 2.24) is 4.98 Å². The summed E-state index contributed by atoms with van der Waals surface area (Å²) in [4.78, 5) is 18.8. The van der Waals surface area contributed by atoms with Crippen LogP contribution in [0.2, 0.25) is 0 Å². The van der Waals surface area contributed by atoms with Crippen molar-refractivity contribution in [1.29, 1.82) is 0 Å². The van der Waals surface area contributed by atoms with Crippen molar-refractivity contribution in [2.75, 3.05) is 25.1 Å². The second-order valence-corrected chi connectivity index (χ2v) is 7.54. The maximum Gasteiger partial charge on any atom is 0.314 e. The van der Waals surface area contributed by atoms with E-state index in [-0.39, 0.29) is 6.54 Å². The molecule has 2 aliphatic rings. The maximum absolute atomic E-state index is 12.1. The van der Waals surface area contributed by atoms with Gasteiger partial charge in [0, 0.05) is 18.5 Å². The fourth-order valence-electron chi connectivity index (χ4n) is 4.06. The number of ether oxygens (including phenoxy) is 1. The number of benzene rings is 1. The van der Waals surface area contributed by atoms with Crippen molar-refractivity contribution in [2.45, 2.75) is 31.8 Å². The van der Waals surface area contributed by atoms with Gasteiger partial charge in [-0.1, -0.05) is 25.0 Å². The minimum Gasteiger partial charge on any atom is -0.494 e. The van der Waals surface area contributed by atoms with E-state index in [9.17, 15) is 15.0 Å². The molecule has 1 saturated heterocycles. The van der Waals surface area contributed by atoms with E-state index in [1.807, 2.05) is 35.2 Å². The van der Waals surface area contributed by atoms with Crippen LogP contribution in [0.5, 0.6) is 5.75 Å². The fraction of sp³-hybridized carbons (Fsp3) is 0.500. The molecule has 138 valence electrons. The number of hydrogen-bond donors (Lipinski definition) is 2. The van der Waals surface area contributed by atoms with Gasteiger partial charge in [0.05, 0.1) is 13.2 Å². The molecular formula is C20H24N2O4. The minimum absolute atomic E-state index is 0.285. The molecule has 1 aliphatic heterocycles. The molecule has 2 fully saturated rings. The van der Waals surface area contributed by atoms with Crippen molar-refractivity contribution in [2.24, 2.45) is 11.3 Å². The highest BCUT2D eigenvalue weighted by Crippen LogP contribution is 2.45. The topological polar surface area (TPSA) is 82.9 Å². The van der Waals surface area contributed by atoms with Gasteiger partial charge in [-0.05, 0) is 37.0 Å². The zero-order valence-electron chi connectivity index (χ0n) is 14.9. The highest BCUT2D eigenvalue weighted by molar-refractivity contribution is 5.86. The second-order valence-electron chi connectivity index (χ2n) is 7.54. The molecule has 0 radical (unpaired) electrons. The normalized spacial score (nSPS) is 26.1. The molecule has 26 heavy (non-hydrogen) atoms. The molecule has 6 heteroatoms. The van der Waals surface area contributed by atoms with E-state index in [1.165, 1.54) is 0 Å². The van der Waals surface area contributed by atoms with Gasteiger partial charge in [0.15, 0.2) is 0 Å². The molecule has 1 aromatic heterocycles. The highest BCUT2D eigenvalue weighted by atomic mass is 16.5. The summed E-state index contributed by atoms with van der Waals surface area (Å²) in [6.45, 7) is 0.877. The Bertz CT molecular complexity index is 836. The first kappa shape index (κ1) is 17.1. The monoisotopic (exact) mass is 356 g/mol. The molecule has 0 unspecified atom stereocenters. The lowest BCUT2D eigenvalue weighted by molar-refractivity contribution is -0.158. The molecule has 6 nitrogen and oxygen atoms in total. The number of hydrogen-bond acceptors (Lipinski definition) is 5. The van der Waals surface area contributed by atoms with Crippen LogP contribution in [0, 0.1) is 11.3 Å². The molecule has 2 heterocycles. The molecule has 0 spiro atoms. The van der Waals surface area contributed by atoms with E-state index in [0.717, 1.165) is 29.6 Å². The maximum atomic E-state index is 12.1. The number of methoxy groups -OCH3 is 1. The number of piperidine rings is 1. The summed E-state index contributed by atoms with van der Waals surface area (Å²) in [7, 11) is 1.62. The number of pyridine rings is 1. The zero-order valence-corrected chi connectivity index (χ0v) is 14.9. The van der Waals surface area contributed by atoms with Crippen LogP contribution in [0.25, 0.3) is 10.9 Å². The number of carboxylic acid groups (broad SMARTS) is 1. The Morgan fingerprint density at radius 3 is 2.81 bits per heavy atom. The van der Waals surface area contributed by atoms with Crippen LogP contribution in [0.1, 0.15) is 25.7 Å². The van der Waals surface area contributed by atoms with Crippen LogP contribution in [0.4, 0.5) is 5.82 Å². The number of rotatable bonds is 5. The molecular weight excluding hydrogens is 332 g/mol. The largest absolute Gasteiger partial charge is 0.494 e. The summed E-state index contributed by atoms with van der Waals surface area (Å²) >= 11 is 0. The molecule has 4 rings (SSSR count). The summed E-state index contributed by atoms with van der Waals surface area (Å²) in [5, 5.41) is 21.4. The lowest BCUT2D eigenvalue weighted by Crippen LogP contribution is -2.56. The van der Waals surface area contributed by atoms with Gasteiger partial charge >= 0.3 is 5.97 Å². The summed E-state index contributed by atoms with van der Waals surface area (Å²) in [5.41, 5.74) is -0.349. The fourth-order valence-corrected chi connectivity index (χ4v) is 4.06. The average Bonchev–Trinajstić information content (AvgIpc) is 3.46. The van der Waals surface area contributed by atoms with Crippen molar-refractivity contribution in [3.63, 3.8) is 0 Å². The number of aromatic nitrogens is 1. The number of anilines is 1. The first-order valence-electron chi connectivity index (χ1n) is 9.14. The SMILES string of the molecule is COc1cccc2ccc(N3CC[C@@H](O)[C@@](CC4CC4)(C(=O)O)C3)nc12. The number of aliphatic hydroxyl groups is 1. The standard InChI is InChI=1S/C20H24N2O4/c1-26-15-4-2-3-14-7-8-17(21-18(14)15)22-10-9-16(23)20(12-22,19(24)25)11-13-5-6-13/h2-4,7-8,13,16,23H,5-6,9-12H2,1H3,(H,24,25)/t16-,20+/m1/s1. The van der Waals surface area contributed by atoms with Gasteiger partial charge in [0.2, 0.25) is 0 Å². The Morgan fingerprint density at radius 2 is 2.12 bits per heavy atom. The van der Waals surface area contributed by atoms with Gasteiger partial charge in [-0.15, -0.1) is 0 Å². The Labute approximate surface area is 152 Å². The van der Waals surface area contributed by atoms with Gasteiger partial charge in [-0.25, -0.2) is 4.98 Å². The van der Waals surface area contributed by atoms with E-state index < -0.39 is 17.5 Å². The molecule has 1 aliphatic carbocycles. The van der Waals surface area contributed by atoms with Gasteiger partial charge in [-0.2, -0.15) is 0 Å². The van der Waals surface area contributed by atoms with Crippen LogP contribution in [0.15, 0.2) is 30.3 Å². The third kappa shape index (κ3) is 2.88. The summed E-state index contributed by atoms with van der Waals surface area (Å²) in [6, 6.07) is 9.67. The Hall–Kier alpha value is -2.34. The average molecular weight is 356 g/mol. The van der Waals surface area contributed by atoms with Gasteiger partial charge < -0.3 is 19.8 Å². The number of aliphatic hydroxyl groups excluding tert-OH is 1. The van der Waals surface area contributed by atoms with E-state index in [1.54, 1.807) is 7.11 Å². The van der Waals surface area contributed by atoms with Crippen molar-refractivity contribution >= 4 is 22.7 Å². The summed E-state index contributed by atoms with van der Waals surface area (Å²) in [6.07, 6.45) is 2.29. The summed E-state index contributed by atoms with van der Waals surface area (Å²) < 4.78 is 5.41. The second kappa shape index (κ2) is 6.43. The van der Waals surface area contributed by atoms with Crippen molar-refractivity contribution in [3.8, 4) is 5.75 Å². The van der Waals surface area contributed by atoms with Crippen LogP contribution < -0.4 is 9.64 Å². The number of aliphatic carboxylic acids is 1. The van der Waals surface area contributed by atoms with Crippen LogP contribution in [0.3, 0.4) is 0 Å². The van der Waals surface area contributed by atoms with E-state index in [4.69, 9.17) is 9.72 Å². The Balaban J connectivity index is 1.69. The van der Waals surface area contributed by atoms with Gasteiger partial charge in [0.25, 0.3) is 0 Å². The van der Waals surface area contributed by atoms with Crippen molar-refractivity contribution in [3.05, 3.63) is 30.3 Å². The number of nitrogens with zero attached hydrogens (tertiary/aromatic N) is 2. The molecule has 2 aromatic rings. The Morgan fingerprint density at radius 1 is 1.31 bits per heavy atom. The third-order valence-corrected chi connectivity index (χ3v) is 5.77. The van der Waals surface area contributed by atoms with E-state index in [0.29, 0.717) is 31.1 Å². The predicted octanol–water partition coefficient (Wildman–Crippen LogP) is 2.69. The van der Waals surface area contributed by atoms with Crippen LogP contribution in [-0.4, -0.2) is 47.5 Å². The molecule has 2 atom stereocenters. The molecule has 0 amide bonds. The third-order valence-electron chi connectivity index (χ3n) is 5.77. The van der Waals surface area contributed by atoms with Crippen molar-refractivity contribution < 1.29 is 19.7 Å². The van der Waals surface area contributed by atoms with Crippen LogP contribution >= 0.6 is 0 Å². The minimum atomic E-state index is -1.11. The smallest absolute Gasteiger partial charge is 0.314 e. The molecule has 0 bridgehead atoms. The predicted molar refractivity (Wildman–Crippen MR) is 98.5 cm³/mol. The number of carboxylic acids is 1. The highest BCUT2D eigenvalue weighted by Gasteiger charge is 2.51. The first-order chi connectivity index (χ1) is 12.5. The number of para-hydroxylation sites is 1. The zero-order chi connectivity index (χ0) is 18.3. The molecule has 2 N–H and O–H groups in total. The lowest BCUT2D eigenvalue weighted by Gasteiger charge is -2.44. The van der Waals surface area contributed by atoms with Gasteiger partial charge in [0.1, 0.15) is 22.5 Å². The quantitative estimate of drug-likeness (QED) is 0.857. The lowest BCUT2D eigenvalue weighted by atomic mass is 9.73. The van der Waals surface area contributed by atoms with Crippen LogP contribution in [-0.2, 0) is 4.79 Å². The van der Waals surface area contributed by atoms with Gasteiger partial charge in [-0.3, -0.25) is 4.79 Å². The number of fused-ring (bicyclic) bond motifs is 1. The Kier molecular flexibility index (Phi) is 4.23. The molecule has 1 saturated carbocycles. The van der Waals surface area contributed by atoms with E-state index >= 15 is 0 Å².